The Labute approximate surface area is 200 Å². The maximum absolute atomic E-state index is 7.32. The number of anilines is 1. The summed E-state index contributed by atoms with van der Waals surface area (Å²) in [6.07, 6.45) is 0.211. The second kappa shape index (κ2) is 8.12. The van der Waals surface area contributed by atoms with E-state index in [-0.39, 0.29) is 6.10 Å². The Balaban J connectivity index is 2.00. The minimum Gasteiger partial charge on any atom is -0.412 e. The van der Waals surface area contributed by atoms with Gasteiger partial charge in [0.15, 0.2) is 0 Å². The highest BCUT2D eigenvalue weighted by Crippen LogP contribution is 2.39. The molecule has 0 fully saturated rings. The van der Waals surface area contributed by atoms with Crippen LogP contribution in [0.1, 0.15) is 27.7 Å². The van der Waals surface area contributed by atoms with E-state index in [1.165, 1.54) is 27.2 Å². The van der Waals surface area contributed by atoms with Gasteiger partial charge in [0.2, 0.25) is 7.83 Å². The standard InChI is InChI=1S/C29H35NOSi2/c1-7-32(25-18-10-14-22-13-9-17-24(28(22)25)30(5)6)26-19-11-15-23-16-12-20-27(29(23)26)33(32,8-2)31-21(3)4/h9-21H,7-8H2,1-6H3. The van der Waals surface area contributed by atoms with Crippen LogP contribution in [0.25, 0.3) is 21.5 Å². The van der Waals surface area contributed by atoms with Crippen molar-refractivity contribution < 1.29 is 4.43 Å². The van der Waals surface area contributed by atoms with Gasteiger partial charge < -0.3 is 9.33 Å². The van der Waals surface area contributed by atoms with Crippen molar-refractivity contribution in [3.8, 4) is 0 Å². The maximum Gasteiger partial charge on any atom is 0.221 e. The van der Waals surface area contributed by atoms with Crippen LogP contribution < -0.4 is 20.5 Å². The minimum atomic E-state index is -2.35. The summed E-state index contributed by atoms with van der Waals surface area (Å²) in [5.41, 5.74) is 1.31. The monoisotopic (exact) mass is 469 g/mol. The van der Waals surface area contributed by atoms with E-state index in [1.807, 2.05) is 0 Å². The van der Waals surface area contributed by atoms with Crippen LogP contribution >= 0.6 is 0 Å². The Bertz CT molecular complexity index is 1340. The summed E-state index contributed by atoms with van der Waals surface area (Å²) in [7, 11) is -0.287. The van der Waals surface area contributed by atoms with Crippen molar-refractivity contribution in [3.05, 3.63) is 72.8 Å². The van der Waals surface area contributed by atoms with Gasteiger partial charge in [0, 0.05) is 31.3 Å². The zero-order chi connectivity index (χ0) is 23.4. The first-order valence-electron chi connectivity index (χ1n) is 12.3. The van der Waals surface area contributed by atoms with Crippen molar-refractivity contribution in [3.63, 3.8) is 0 Å². The van der Waals surface area contributed by atoms with Crippen molar-refractivity contribution in [2.75, 3.05) is 19.0 Å². The third-order valence-electron chi connectivity index (χ3n) is 7.78. The molecule has 0 spiro atoms. The Morgan fingerprint density at radius 3 is 1.73 bits per heavy atom. The van der Waals surface area contributed by atoms with E-state index in [1.54, 1.807) is 15.6 Å². The molecule has 1 heterocycles. The number of benzene rings is 4. The molecule has 2 unspecified atom stereocenters. The smallest absolute Gasteiger partial charge is 0.221 e. The highest BCUT2D eigenvalue weighted by atomic mass is 29.3. The molecule has 1 aliphatic heterocycles. The molecule has 0 radical (unpaired) electrons. The van der Waals surface area contributed by atoms with E-state index in [2.05, 4.69) is 119 Å². The summed E-state index contributed by atoms with van der Waals surface area (Å²) in [6, 6.07) is 30.0. The van der Waals surface area contributed by atoms with Crippen molar-refractivity contribution in [2.24, 2.45) is 0 Å². The fraction of sp³-hybridized carbons (Fsp3) is 0.310. The first kappa shape index (κ1) is 22.4. The summed E-state index contributed by atoms with van der Waals surface area (Å²) in [5.74, 6) is 0. The molecule has 4 heteroatoms. The Hall–Kier alpha value is -2.41. The third-order valence-corrected chi connectivity index (χ3v) is 25.1. The van der Waals surface area contributed by atoms with Gasteiger partial charge in [-0.1, -0.05) is 86.6 Å². The van der Waals surface area contributed by atoms with Crippen LogP contribution in [0.4, 0.5) is 5.69 Å². The number of hydrogen-bond acceptors (Lipinski definition) is 2. The van der Waals surface area contributed by atoms with Gasteiger partial charge in [-0.05, 0) is 57.7 Å². The number of hydrogen-bond donors (Lipinski definition) is 0. The Morgan fingerprint density at radius 1 is 0.697 bits per heavy atom. The molecule has 0 saturated carbocycles. The van der Waals surface area contributed by atoms with Crippen molar-refractivity contribution >= 4 is 58.2 Å². The van der Waals surface area contributed by atoms with Crippen LogP contribution in [0, 0.1) is 0 Å². The second-order valence-electron chi connectivity index (χ2n) is 9.89. The first-order valence-corrected chi connectivity index (χ1v) is 17.6. The highest BCUT2D eigenvalue weighted by molar-refractivity contribution is 7.56. The van der Waals surface area contributed by atoms with E-state index >= 15 is 0 Å². The molecular formula is C29H35NOSi2. The average Bonchev–Trinajstić information content (AvgIpc) is 3.06. The zero-order valence-electron chi connectivity index (χ0n) is 20.8. The summed E-state index contributed by atoms with van der Waals surface area (Å²) >= 11 is 0. The lowest BCUT2D eigenvalue weighted by molar-refractivity contribution is 0.241. The van der Waals surface area contributed by atoms with Crippen LogP contribution in [0.2, 0.25) is 12.1 Å². The van der Waals surface area contributed by atoms with E-state index in [4.69, 9.17) is 4.43 Å². The van der Waals surface area contributed by atoms with E-state index < -0.39 is 15.4 Å². The number of fused-ring (bicyclic) bond motifs is 1. The number of nitrogens with zero attached hydrogens (tertiary/aromatic N) is 1. The normalized spacial score (nSPS) is 21.9. The molecule has 4 aromatic rings. The molecule has 2 nitrogen and oxygen atoms in total. The van der Waals surface area contributed by atoms with Crippen LogP contribution in [-0.4, -0.2) is 35.6 Å². The molecular weight excluding hydrogens is 434 g/mol. The van der Waals surface area contributed by atoms with E-state index in [0.29, 0.717) is 0 Å². The van der Waals surface area contributed by atoms with Crippen LogP contribution in [0.15, 0.2) is 72.8 Å². The van der Waals surface area contributed by atoms with Gasteiger partial charge in [0.1, 0.15) is 7.59 Å². The molecule has 0 aromatic heterocycles. The molecule has 0 N–H and O–H groups in total. The van der Waals surface area contributed by atoms with Gasteiger partial charge in [-0.2, -0.15) is 0 Å². The summed E-state index contributed by atoms with van der Waals surface area (Å²) in [5, 5.41) is 10.4. The molecule has 33 heavy (non-hydrogen) atoms. The predicted octanol–water partition coefficient (Wildman–Crippen LogP) is 5.33. The Morgan fingerprint density at radius 2 is 1.21 bits per heavy atom. The van der Waals surface area contributed by atoms with Gasteiger partial charge >= 0.3 is 0 Å². The molecule has 0 aliphatic carbocycles. The van der Waals surface area contributed by atoms with Gasteiger partial charge in [0.25, 0.3) is 0 Å². The molecule has 0 saturated heterocycles. The minimum absolute atomic E-state index is 0.211. The quantitative estimate of drug-likeness (QED) is 0.354. The molecule has 0 bridgehead atoms. The lowest BCUT2D eigenvalue weighted by atomic mass is 10.1. The fourth-order valence-corrected chi connectivity index (χ4v) is 26.0. The summed E-state index contributed by atoms with van der Waals surface area (Å²) < 4.78 is 7.32. The van der Waals surface area contributed by atoms with Gasteiger partial charge in [-0.3, -0.25) is 0 Å². The molecule has 0 amide bonds. The SMILES string of the molecule is CC[Si]1(OC(C)C)c2cccc3cccc(c23)[Si]1(CC)c1cccc2cccc(N(C)C)c12. The van der Waals surface area contributed by atoms with Crippen LogP contribution in [0.5, 0.6) is 0 Å². The van der Waals surface area contributed by atoms with Gasteiger partial charge in [0.05, 0.1) is 0 Å². The van der Waals surface area contributed by atoms with Crippen molar-refractivity contribution in [1.29, 1.82) is 0 Å². The third kappa shape index (κ3) is 2.94. The summed E-state index contributed by atoms with van der Waals surface area (Å²) in [6.45, 7) is 9.30. The Kier molecular flexibility index (Phi) is 5.51. The van der Waals surface area contributed by atoms with Crippen LogP contribution in [0.3, 0.4) is 0 Å². The fourth-order valence-electron chi connectivity index (χ4n) is 6.70. The molecule has 2 atom stereocenters. The lowest BCUT2D eigenvalue weighted by Crippen LogP contribution is -2.78. The average molecular weight is 470 g/mol. The van der Waals surface area contributed by atoms with Gasteiger partial charge in [-0.25, -0.2) is 0 Å². The lowest BCUT2D eigenvalue weighted by Gasteiger charge is -2.45. The first-order chi connectivity index (χ1) is 15.9. The number of rotatable bonds is 6. The maximum atomic E-state index is 7.32. The topological polar surface area (TPSA) is 12.5 Å². The van der Waals surface area contributed by atoms with E-state index in [0.717, 1.165) is 12.1 Å². The largest absolute Gasteiger partial charge is 0.412 e. The molecule has 5 rings (SSSR count). The molecule has 4 aromatic carbocycles. The molecule has 1 aliphatic rings. The zero-order valence-corrected chi connectivity index (χ0v) is 22.8. The second-order valence-corrected chi connectivity index (χ2v) is 21.6. The predicted molar refractivity (Wildman–Crippen MR) is 150 cm³/mol. The van der Waals surface area contributed by atoms with E-state index in [9.17, 15) is 0 Å². The van der Waals surface area contributed by atoms with Gasteiger partial charge in [-0.15, -0.1) is 0 Å². The van der Waals surface area contributed by atoms with Crippen molar-refractivity contribution in [1.82, 2.24) is 0 Å². The van der Waals surface area contributed by atoms with Crippen molar-refractivity contribution in [2.45, 2.75) is 45.9 Å². The summed E-state index contributed by atoms with van der Waals surface area (Å²) in [4.78, 5) is 2.28. The highest BCUT2D eigenvalue weighted by Gasteiger charge is 2.64. The van der Waals surface area contributed by atoms with Crippen LogP contribution in [-0.2, 0) is 4.43 Å². The molecule has 170 valence electrons.